The second kappa shape index (κ2) is 6.10. The van der Waals surface area contributed by atoms with Crippen LogP contribution in [-0.4, -0.2) is 42.0 Å². The molecule has 0 aliphatic carbocycles. The van der Waals surface area contributed by atoms with Gasteiger partial charge in [-0.3, -0.25) is 9.78 Å². The lowest BCUT2D eigenvalue weighted by Gasteiger charge is -2.28. The summed E-state index contributed by atoms with van der Waals surface area (Å²) < 4.78 is 5.67. The molecule has 0 spiro atoms. The fourth-order valence-corrected chi connectivity index (χ4v) is 2.91. The molecule has 6 nitrogen and oxygen atoms in total. The van der Waals surface area contributed by atoms with Crippen LogP contribution >= 0.6 is 0 Å². The van der Waals surface area contributed by atoms with E-state index in [2.05, 4.69) is 16.4 Å². The zero-order chi connectivity index (χ0) is 14.7. The molecule has 1 N–H and O–H groups in total. The number of piperidine rings is 1. The zero-order valence-electron chi connectivity index (χ0n) is 11.8. The summed E-state index contributed by atoms with van der Waals surface area (Å²) in [5, 5.41) is 12.4. The molecule has 1 aromatic heterocycles. The van der Waals surface area contributed by atoms with Gasteiger partial charge in [0.1, 0.15) is 24.0 Å². The smallest absolute Gasteiger partial charge is 0.226 e. The summed E-state index contributed by atoms with van der Waals surface area (Å²) in [6.45, 7) is 3.25. The van der Waals surface area contributed by atoms with Crippen molar-refractivity contribution >= 4 is 5.91 Å². The highest BCUT2D eigenvalue weighted by Crippen LogP contribution is 2.27. The first-order chi connectivity index (χ1) is 10.3. The number of carbonyl (C=O) groups excluding carboxylic acids is 1. The van der Waals surface area contributed by atoms with E-state index < -0.39 is 0 Å². The normalized spacial score (nSPS) is 19.1. The molecule has 6 heteroatoms. The Labute approximate surface area is 123 Å². The molecule has 110 valence electrons. The number of hydrogen-bond acceptors (Lipinski definition) is 5. The average Bonchev–Trinajstić information content (AvgIpc) is 2.77. The highest BCUT2D eigenvalue weighted by Gasteiger charge is 2.28. The first-order valence-corrected chi connectivity index (χ1v) is 7.29. The minimum Gasteiger partial charge on any atom is -0.490 e. The molecular formula is C15H18N4O2. The lowest BCUT2D eigenvalue weighted by Crippen LogP contribution is -2.41. The predicted molar refractivity (Wildman–Crippen MR) is 75.5 cm³/mol. The van der Waals surface area contributed by atoms with Gasteiger partial charge in [-0.2, -0.15) is 5.26 Å². The van der Waals surface area contributed by atoms with Gasteiger partial charge < -0.3 is 15.0 Å². The number of nitriles is 1. The summed E-state index contributed by atoms with van der Waals surface area (Å²) in [7, 11) is 0. The van der Waals surface area contributed by atoms with Crippen LogP contribution in [0.5, 0.6) is 5.75 Å². The van der Waals surface area contributed by atoms with E-state index >= 15 is 0 Å². The molecule has 1 amide bonds. The van der Waals surface area contributed by atoms with E-state index in [1.807, 2.05) is 4.90 Å². The summed E-state index contributed by atoms with van der Waals surface area (Å²) in [6, 6.07) is 2.09. The number of pyridine rings is 1. The number of ether oxygens (including phenoxy) is 1. The predicted octanol–water partition coefficient (Wildman–Crippen LogP) is 0.674. The highest BCUT2D eigenvalue weighted by molar-refractivity contribution is 5.79. The number of nitrogens with one attached hydrogen (secondary N) is 1. The molecule has 1 aromatic rings. The fraction of sp³-hybridized carbons (Fsp3) is 0.533. The first kappa shape index (κ1) is 13.8. The summed E-state index contributed by atoms with van der Waals surface area (Å²) >= 11 is 0. The zero-order valence-corrected chi connectivity index (χ0v) is 11.8. The van der Waals surface area contributed by atoms with Crippen molar-refractivity contribution in [1.29, 1.82) is 5.26 Å². The lowest BCUT2D eigenvalue weighted by molar-refractivity contribution is -0.137. The third-order valence-electron chi connectivity index (χ3n) is 4.06. The van der Waals surface area contributed by atoms with Gasteiger partial charge in [0.15, 0.2) is 0 Å². The molecule has 0 aromatic carbocycles. The van der Waals surface area contributed by atoms with E-state index in [4.69, 9.17) is 10.00 Å². The first-order valence-electron chi connectivity index (χ1n) is 7.29. The molecule has 0 saturated carbocycles. The van der Waals surface area contributed by atoms with Crippen molar-refractivity contribution in [2.45, 2.75) is 19.4 Å². The van der Waals surface area contributed by atoms with Crippen LogP contribution in [0.2, 0.25) is 0 Å². The van der Waals surface area contributed by atoms with Gasteiger partial charge in [0.25, 0.3) is 0 Å². The topological polar surface area (TPSA) is 78.2 Å². The van der Waals surface area contributed by atoms with Gasteiger partial charge in [0, 0.05) is 23.9 Å². The number of nitrogens with zero attached hydrogens (tertiary/aromatic N) is 3. The van der Waals surface area contributed by atoms with Crippen molar-refractivity contribution in [2.75, 3.05) is 26.2 Å². The van der Waals surface area contributed by atoms with Crippen LogP contribution in [0.1, 0.15) is 24.0 Å². The van der Waals surface area contributed by atoms with Crippen molar-refractivity contribution in [3.8, 4) is 11.8 Å². The van der Waals surface area contributed by atoms with Crippen molar-refractivity contribution in [3.05, 3.63) is 23.5 Å². The van der Waals surface area contributed by atoms with Gasteiger partial charge in [0.2, 0.25) is 5.91 Å². The van der Waals surface area contributed by atoms with Crippen molar-refractivity contribution in [2.24, 2.45) is 5.92 Å². The molecule has 0 radical (unpaired) electrons. The maximum Gasteiger partial charge on any atom is 0.226 e. The number of rotatable bonds is 1. The Kier molecular flexibility index (Phi) is 4.02. The summed E-state index contributed by atoms with van der Waals surface area (Å²) in [5.41, 5.74) is 1.25. The Bertz CT molecular complexity index is 576. The van der Waals surface area contributed by atoms with Gasteiger partial charge in [0.05, 0.1) is 13.1 Å². The molecule has 0 atom stereocenters. The monoisotopic (exact) mass is 286 g/mol. The fourth-order valence-electron chi connectivity index (χ4n) is 2.91. The Morgan fingerprint density at radius 1 is 1.43 bits per heavy atom. The minimum atomic E-state index is 0.0971. The quantitative estimate of drug-likeness (QED) is 0.821. The van der Waals surface area contributed by atoms with Crippen LogP contribution in [0, 0.1) is 17.2 Å². The van der Waals surface area contributed by atoms with Crippen LogP contribution in [-0.2, 0) is 11.3 Å². The van der Waals surface area contributed by atoms with Crippen molar-refractivity contribution in [1.82, 2.24) is 15.2 Å². The second-order valence-corrected chi connectivity index (χ2v) is 5.42. The third-order valence-corrected chi connectivity index (χ3v) is 4.06. The molecule has 1 fully saturated rings. The SMILES string of the molecule is N#Cc1cncc2c1OCCN(C(=O)C1CCNCC1)C2. The molecule has 3 heterocycles. The van der Waals surface area contributed by atoms with Crippen LogP contribution < -0.4 is 10.1 Å². The van der Waals surface area contributed by atoms with Crippen molar-refractivity contribution < 1.29 is 9.53 Å². The number of aromatic nitrogens is 1. The van der Waals surface area contributed by atoms with E-state index in [0.717, 1.165) is 31.5 Å². The third kappa shape index (κ3) is 2.83. The molecule has 0 unspecified atom stereocenters. The van der Waals surface area contributed by atoms with Gasteiger partial charge >= 0.3 is 0 Å². The molecule has 0 bridgehead atoms. The number of hydrogen-bond donors (Lipinski definition) is 1. The van der Waals surface area contributed by atoms with Gasteiger partial charge in [-0.1, -0.05) is 0 Å². The van der Waals surface area contributed by atoms with Crippen LogP contribution in [0.25, 0.3) is 0 Å². The summed E-state index contributed by atoms with van der Waals surface area (Å²) in [4.78, 5) is 18.5. The second-order valence-electron chi connectivity index (χ2n) is 5.42. The number of amides is 1. The lowest BCUT2D eigenvalue weighted by atomic mass is 9.96. The minimum absolute atomic E-state index is 0.0971. The van der Waals surface area contributed by atoms with Crippen LogP contribution in [0.4, 0.5) is 0 Å². The average molecular weight is 286 g/mol. The maximum atomic E-state index is 12.6. The summed E-state index contributed by atoms with van der Waals surface area (Å²) in [5.74, 6) is 0.864. The van der Waals surface area contributed by atoms with E-state index in [-0.39, 0.29) is 11.8 Å². The van der Waals surface area contributed by atoms with E-state index in [1.54, 1.807) is 6.20 Å². The van der Waals surface area contributed by atoms with E-state index in [1.165, 1.54) is 6.20 Å². The van der Waals surface area contributed by atoms with Crippen LogP contribution in [0.15, 0.2) is 12.4 Å². The van der Waals surface area contributed by atoms with Gasteiger partial charge in [-0.05, 0) is 25.9 Å². The molecule has 21 heavy (non-hydrogen) atoms. The highest BCUT2D eigenvalue weighted by atomic mass is 16.5. The number of carbonyl (C=O) groups is 1. The largest absolute Gasteiger partial charge is 0.490 e. The van der Waals surface area contributed by atoms with E-state index in [0.29, 0.717) is 31.0 Å². The Morgan fingerprint density at radius 2 is 2.24 bits per heavy atom. The van der Waals surface area contributed by atoms with Crippen molar-refractivity contribution in [3.63, 3.8) is 0 Å². The Hall–Kier alpha value is -2.13. The Balaban J connectivity index is 1.79. The van der Waals surface area contributed by atoms with E-state index in [9.17, 15) is 4.79 Å². The molecule has 2 aliphatic heterocycles. The maximum absolute atomic E-state index is 12.6. The molecule has 3 rings (SSSR count). The van der Waals surface area contributed by atoms with Gasteiger partial charge in [-0.25, -0.2) is 0 Å². The molecule has 2 aliphatic rings. The van der Waals surface area contributed by atoms with Gasteiger partial charge in [-0.15, -0.1) is 0 Å². The summed E-state index contributed by atoms with van der Waals surface area (Å²) in [6.07, 6.45) is 4.96. The number of fused-ring (bicyclic) bond motifs is 1. The molecular weight excluding hydrogens is 268 g/mol. The molecule has 1 saturated heterocycles. The standard InChI is InChI=1S/C15H18N4O2/c16-7-12-8-18-9-13-10-19(5-6-21-14(12)13)15(20)11-1-3-17-4-2-11/h8-9,11,17H,1-6,10H2. The Morgan fingerprint density at radius 3 is 3.00 bits per heavy atom. The van der Waals surface area contributed by atoms with Crippen LogP contribution in [0.3, 0.4) is 0 Å².